The normalized spacial score (nSPS) is 9.55. The molecule has 7 heteroatoms. The Morgan fingerprint density at radius 1 is 1.23 bits per heavy atom. The minimum absolute atomic E-state index is 0. The van der Waals surface area contributed by atoms with Crippen molar-refractivity contribution in [3.05, 3.63) is 40.9 Å². The van der Waals surface area contributed by atoms with Crippen molar-refractivity contribution in [1.82, 2.24) is 10.3 Å². The van der Waals surface area contributed by atoms with E-state index in [4.69, 9.17) is 5.73 Å². The van der Waals surface area contributed by atoms with Crippen LogP contribution in [0.3, 0.4) is 0 Å². The van der Waals surface area contributed by atoms with E-state index in [1.165, 1.54) is 11.3 Å². The number of amides is 1. The Labute approximate surface area is 147 Å². The number of hydrogen-bond acceptors (Lipinski definition) is 4. The number of halogens is 2. The highest BCUT2D eigenvalue weighted by atomic mass is 35.5. The van der Waals surface area contributed by atoms with Crippen LogP contribution in [0.1, 0.15) is 28.2 Å². The van der Waals surface area contributed by atoms with Crippen LogP contribution in [0.15, 0.2) is 30.3 Å². The average molecular weight is 362 g/mol. The first-order valence-electron chi connectivity index (χ1n) is 6.73. The Bertz CT molecular complexity index is 575. The van der Waals surface area contributed by atoms with E-state index in [-0.39, 0.29) is 30.7 Å². The van der Waals surface area contributed by atoms with E-state index >= 15 is 0 Å². The highest BCUT2D eigenvalue weighted by molar-refractivity contribution is 7.17. The van der Waals surface area contributed by atoms with Crippen molar-refractivity contribution in [2.24, 2.45) is 5.73 Å². The van der Waals surface area contributed by atoms with Crippen LogP contribution in [-0.4, -0.2) is 24.0 Å². The summed E-state index contributed by atoms with van der Waals surface area (Å²) in [6.45, 7) is 3.19. The van der Waals surface area contributed by atoms with Gasteiger partial charge in [-0.25, -0.2) is 4.98 Å². The van der Waals surface area contributed by atoms with Gasteiger partial charge in [0.1, 0.15) is 9.88 Å². The van der Waals surface area contributed by atoms with Crippen molar-refractivity contribution in [3.63, 3.8) is 0 Å². The fraction of sp³-hybridized carbons (Fsp3) is 0.333. The van der Waals surface area contributed by atoms with E-state index < -0.39 is 0 Å². The zero-order valence-corrected chi connectivity index (χ0v) is 14.8. The third-order valence-electron chi connectivity index (χ3n) is 2.94. The maximum atomic E-state index is 12.1. The lowest BCUT2D eigenvalue weighted by Gasteiger charge is -2.02. The Morgan fingerprint density at radius 3 is 2.55 bits per heavy atom. The summed E-state index contributed by atoms with van der Waals surface area (Å²) in [7, 11) is 0. The van der Waals surface area contributed by atoms with Crippen LogP contribution < -0.4 is 11.1 Å². The standard InChI is InChI=1S/C15H19N3OS.2ClH/c1-11-13(14(19)17-10-6-5-9-16)20-15(18-11)12-7-3-2-4-8-12;;/h2-4,7-8H,5-6,9-10,16H2,1H3,(H,17,19);2*1H. The summed E-state index contributed by atoms with van der Waals surface area (Å²) in [6, 6.07) is 9.91. The Morgan fingerprint density at radius 2 is 1.91 bits per heavy atom. The first kappa shape index (κ1) is 20.9. The molecule has 0 unspecified atom stereocenters. The summed E-state index contributed by atoms with van der Waals surface area (Å²) in [5.41, 5.74) is 7.25. The smallest absolute Gasteiger partial charge is 0.263 e. The summed E-state index contributed by atoms with van der Waals surface area (Å²) in [5.74, 6) is -0.0424. The number of aromatic nitrogens is 1. The number of unbranched alkanes of at least 4 members (excludes halogenated alkanes) is 1. The number of thiazole rings is 1. The fourth-order valence-electron chi connectivity index (χ4n) is 1.86. The number of benzene rings is 1. The van der Waals surface area contributed by atoms with Crippen LogP contribution in [0.2, 0.25) is 0 Å². The third kappa shape index (κ3) is 5.57. The molecule has 122 valence electrons. The van der Waals surface area contributed by atoms with E-state index in [1.807, 2.05) is 37.3 Å². The molecule has 3 N–H and O–H groups in total. The minimum Gasteiger partial charge on any atom is -0.351 e. The van der Waals surface area contributed by atoms with Gasteiger partial charge in [0.05, 0.1) is 5.69 Å². The van der Waals surface area contributed by atoms with Crippen molar-refractivity contribution in [2.75, 3.05) is 13.1 Å². The van der Waals surface area contributed by atoms with Gasteiger partial charge in [-0.2, -0.15) is 0 Å². The van der Waals surface area contributed by atoms with Crippen LogP contribution in [0, 0.1) is 6.92 Å². The van der Waals surface area contributed by atoms with Crippen LogP contribution in [0.25, 0.3) is 10.6 Å². The van der Waals surface area contributed by atoms with Crippen LogP contribution in [0.5, 0.6) is 0 Å². The van der Waals surface area contributed by atoms with Gasteiger partial charge >= 0.3 is 0 Å². The molecule has 2 rings (SSSR count). The van der Waals surface area contributed by atoms with E-state index in [0.717, 1.165) is 29.1 Å². The van der Waals surface area contributed by atoms with E-state index in [2.05, 4.69) is 10.3 Å². The van der Waals surface area contributed by atoms with Crippen LogP contribution in [0.4, 0.5) is 0 Å². The molecule has 0 atom stereocenters. The van der Waals surface area contributed by atoms with Gasteiger partial charge < -0.3 is 11.1 Å². The van der Waals surface area contributed by atoms with Crippen molar-refractivity contribution in [1.29, 1.82) is 0 Å². The number of nitrogens with zero attached hydrogens (tertiary/aromatic N) is 1. The molecule has 0 radical (unpaired) electrons. The molecule has 1 aromatic carbocycles. The first-order valence-corrected chi connectivity index (χ1v) is 7.55. The highest BCUT2D eigenvalue weighted by Gasteiger charge is 2.15. The number of nitrogens with one attached hydrogen (secondary N) is 1. The summed E-state index contributed by atoms with van der Waals surface area (Å²) >= 11 is 1.44. The van der Waals surface area contributed by atoms with Crippen molar-refractivity contribution in [3.8, 4) is 10.6 Å². The van der Waals surface area contributed by atoms with E-state index in [1.54, 1.807) is 0 Å². The van der Waals surface area contributed by atoms with Gasteiger partial charge in [0.2, 0.25) is 0 Å². The van der Waals surface area contributed by atoms with Crippen LogP contribution >= 0.6 is 36.2 Å². The minimum atomic E-state index is -0.0424. The quantitative estimate of drug-likeness (QED) is 0.774. The van der Waals surface area contributed by atoms with Gasteiger partial charge in [-0.3, -0.25) is 4.79 Å². The van der Waals surface area contributed by atoms with E-state index in [0.29, 0.717) is 18.0 Å². The summed E-state index contributed by atoms with van der Waals surface area (Å²) < 4.78 is 0. The molecule has 22 heavy (non-hydrogen) atoms. The molecule has 0 saturated carbocycles. The molecular formula is C15H21Cl2N3OS. The fourth-order valence-corrected chi connectivity index (χ4v) is 2.85. The summed E-state index contributed by atoms with van der Waals surface area (Å²) in [4.78, 5) is 17.3. The number of rotatable bonds is 6. The Hall–Kier alpha value is -1.14. The monoisotopic (exact) mass is 361 g/mol. The number of aryl methyl sites for hydroxylation is 1. The van der Waals surface area contributed by atoms with Gasteiger partial charge in [-0.05, 0) is 26.3 Å². The van der Waals surface area contributed by atoms with Crippen molar-refractivity contribution < 1.29 is 4.79 Å². The molecule has 2 aromatic rings. The molecule has 0 aliphatic carbocycles. The van der Waals surface area contributed by atoms with Gasteiger partial charge in [0.15, 0.2) is 0 Å². The van der Waals surface area contributed by atoms with Crippen molar-refractivity contribution in [2.45, 2.75) is 19.8 Å². The maximum absolute atomic E-state index is 12.1. The SMILES string of the molecule is Cc1nc(-c2ccccc2)sc1C(=O)NCCCCN.Cl.Cl. The maximum Gasteiger partial charge on any atom is 0.263 e. The highest BCUT2D eigenvalue weighted by Crippen LogP contribution is 2.27. The third-order valence-corrected chi connectivity index (χ3v) is 4.15. The molecule has 1 heterocycles. The van der Waals surface area contributed by atoms with E-state index in [9.17, 15) is 4.79 Å². The molecule has 1 amide bonds. The molecular weight excluding hydrogens is 341 g/mol. The zero-order valence-electron chi connectivity index (χ0n) is 12.4. The molecule has 4 nitrogen and oxygen atoms in total. The largest absolute Gasteiger partial charge is 0.351 e. The number of carbonyl (C=O) groups excluding carboxylic acids is 1. The van der Waals surface area contributed by atoms with Gasteiger partial charge in [-0.15, -0.1) is 36.2 Å². The predicted octanol–water partition coefficient (Wildman–Crippen LogP) is 3.43. The van der Waals surface area contributed by atoms with Gasteiger partial charge in [0.25, 0.3) is 5.91 Å². The van der Waals surface area contributed by atoms with Crippen LogP contribution in [-0.2, 0) is 0 Å². The lowest BCUT2D eigenvalue weighted by atomic mass is 10.2. The predicted molar refractivity (Wildman–Crippen MR) is 97.4 cm³/mol. The number of hydrogen-bond donors (Lipinski definition) is 2. The molecule has 1 aromatic heterocycles. The second kappa shape index (κ2) is 10.6. The number of carbonyl (C=O) groups is 1. The second-order valence-corrected chi connectivity index (χ2v) is 5.55. The Balaban J connectivity index is 0.00000220. The molecule has 0 aliphatic rings. The van der Waals surface area contributed by atoms with Gasteiger partial charge in [0, 0.05) is 12.1 Å². The lowest BCUT2D eigenvalue weighted by Crippen LogP contribution is -2.24. The molecule has 0 saturated heterocycles. The first-order chi connectivity index (χ1) is 9.72. The lowest BCUT2D eigenvalue weighted by molar-refractivity contribution is 0.0956. The average Bonchev–Trinajstić information content (AvgIpc) is 2.86. The molecule has 0 spiro atoms. The summed E-state index contributed by atoms with van der Waals surface area (Å²) in [5, 5.41) is 3.80. The molecule has 0 fully saturated rings. The number of nitrogens with two attached hydrogens (primary N) is 1. The topological polar surface area (TPSA) is 68.0 Å². The molecule has 0 aliphatic heterocycles. The van der Waals surface area contributed by atoms with Crippen molar-refractivity contribution >= 4 is 42.1 Å². The van der Waals surface area contributed by atoms with Gasteiger partial charge in [-0.1, -0.05) is 30.3 Å². The Kier molecular flexibility index (Phi) is 10.0. The molecule has 0 bridgehead atoms. The summed E-state index contributed by atoms with van der Waals surface area (Å²) in [6.07, 6.45) is 1.84. The zero-order chi connectivity index (χ0) is 14.4. The second-order valence-electron chi connectivity index (χ2n) is 4.55.